The molecule has 98 valence electrons. The molecule has 19 heavy (non-hydrogen) atoms. The van der Waals surface area contributed by atoms with E-state index in [-0.39, 0.29) is 12.5 Å². The SMILES string of the molecule is CC(CC(=O)O)Nc1ncc(-c2cccnc2)cn1. The molecule has 0 radical (unpaired) electrons. The van der Waals surface area contributed by atoms with E-state index in [1.165, 1.54) is 0 Å². The molecule has 0 amide bonds. The largest absolute Gasteiger partial charge is 0.481 e. The second-order valence-corrected chi connectivity index (χ2v) is 4.18. The molecule has 2 aromatic heterocycles. The molecule has 0 aliphatic heterocycles. The van der Waals surface area contributed by atoms with Gasteiger partial charge >= 0.3 is 5.97 Å². The fourth-order valence-electron chi connectivity index (χ4n) is 1.62. The molecular formula is C13H14N4O2. The number of hydrogen-bond donors (Lipinski definition) is 2. The first-order chi connectivity index (χ1) is 9.15. The van der Waals surface area contributed by atoms with Crippen LogP contribution < -0.4 is 5.32 Å². The number of aromatic nitrogens is 3. The third-order valence-electron chi connectivity index (χ3n) is 2.50. The summed E-state index contributed by atoms with van der Waals surface area (Å²) in [6.07, 6.45) is 6.82. The lowest BCUT2D eigenvalue weighted by atomic mass is 10.2. The van der Waals surface area contributed by atoms with E-state index in [1.54, 1.807) is 31.7 Å². The Kier molecular flexibility index (Phi) is 4.02. The van der Waals surface area contributed by atoms with Crippen molar-refractivity contribution in [1.29, 1.82) is 0 Å². The molecule has 2 heterocycles. The number of carbonyl (C=O) groups is 1. The van der Waals surface area contributed by atoms with Crippen LogP contribution in [0.4, 0.5) is 5.95 Å². The van der Waals surface area contributed by atoms with Crippen LogP contribution >= 0.6 is 0 Å². The first-order valence-electron chi connectivity index (χ1n) is 5.86. The van der Waals surface area contributed by atoms with Gasteiger partial charge in [-0.05, 0) is 13.0 Å². The molecule has 2 rings (SSSR count). The summed E-state index contributed by atoms with van der Waals surface area (Å²) in [6, 6.07) is 3.55. The number of nitrogens with zero attached hydrogens (tertiary/aromatic N) is 3. The lowest BCUT2D eigenvalue weighted by Crippen LogP contribution is -2.20. The van der Waals surface area contributed by atoms with Gasteiger partial charge in [0.25, 0.3) is 0 Å². The Morgan fingerprint density at radius 2 is 2.05 bits per heavy atom. The van der Waals surface area contributed by atoms with Crippen molar-refractivity contribution >= 4 is 11.9 Å². The number of carboxylic acids is 1. The van der Waals surface area contributed by atoms with E-state index in [9.17, 15) is 4.79 Å². The van der Waals surface area contributed by atoms with Crippen LogP contribution in [-0.4, -0.2) is 32.1 Å². The van der Waals surface area contributed by atoms with Gasteiger partial charge in [-0.1, -0.05) is 6.07 Å². The maximum absolute atomic E-state index is 10.6. The van der Waals surface area contributed by atoms with Crippen molar-refractivity contribution in [2.75, 3.05) is 5.32 Å². The molecule has 0 bridgehead atoms. The molecule has 6 heteroatoms. The van der Waals surface area contributed by atoms with Crippen LogP contribution in [0.15, 0.2) is 36.9 Å². The van der Waals surface area contributed by atoms with Crippen molar-refractivity contribution < 1.29 is 9.90 Å². The maximum Gasteiger partial charge on any atom is 0.305 e. The highest BCUT2D eigenvalue weighted by atomic mass is 16.4. The molecule has 0 fully saturated rings. The van der Waals surface area contributed by atoms with Crippen molar-refractivity contribution in [3.8, 4) is 11.1 Å². The van der Waals surface area contributed by atoms with Crippen LogP contribution in [0.5, 0.6) is 0 Å². The zero-order valence-corrected chi connectivity index (χ0v) is 10.4. The second kappa shape index (κ2) is 5.90. The number of anilines is 1. The molecule has 2 N–H and O–H groups in total. The highest BCUT2D eigenvalue weighted by Crippen LogP contribution is 2.16. The predicted octanol–water partition coefficient (Wildman–Crippen LogP) is 1.81. The minimum atomic E-state index is -0.855. The number of aliphatic carboxylic acids is 1. The molecule has 0 saturated carbocycles. The lowest BCUT2D eigenvalue weighted by molar-refractivity contribution is -0.137. The molecule has 0 spiro atoms. The zero-order chi connectivity index (χ0) is 13.7. The Morgan fingerprint density at radius 1 is 1.32 bits per heavy atom. The topological polar surface area (TPSA) is 88.0 Å². The monoisotopic (exact) mass is 258 g/mol. The van der Waals surface area contributed by atoms with Gasteiger partial charge in [0.1, 0.15) is 0 Å². The molecule has 2 aromatic rings. The Bertz CT molecular complexity index is 542. The third-order valence-corrected chi connectivity index (χ3v) is 2.50. The summed E-state index contributed by atoms with van der Waals surface area (Å²) < 4.78 is 0. The van der Waals surface area contributed by atoms with E-state index in [1.807, 2.05) is 12.1 Å². The summed E-state index contributed by atoms with van der Waals surface area (Å²) in [5, 5.41) is 11.6. The summed E-state index contributed by atoms with van der Waals surface area (Å²) in [5.74, 6) is -0.437. The van der Waals surface area contributed by atoms with E-state index < -0.39 is 5.97 Å². The summed E-state index contributed by atoms with van der Waals surface area (Å²) >= 11 is 0. The van der Waals surface area contributed by atoms with Crippen LogP contribution in [0.3, 0.4) is 0 Å². The van der Waals surface area contributed by atoms with Gasteiger partial charge in [0.15, 0.2) is 0 Å². The third kappa shape index (κ3) is 3.74. The fraction of sp³-hybridized carbons (Fsp3) is 0.231. The quantitative estimate of drug-likeness (QED) is 0.850. The van der Waals surface area contributed by atoms with Crippen LogP contribution in [0, 0.1) is 0 Å². The smallest absolute Gasteiger partial charge is 0.305 e. The van der Waals surface area contributed by atoms with E-state index >= 15 is 0 Å². The highest BCUT2D eigenvalue weighted by molar-refractivity contribution is 5.68. The summed E-state index contributed by atoms with van der Waals surface area (Å²) in [7, 11) is 0. The Morgan fingerprint density at radius 3 is 2.63 bits per heavy atom. The van der Waals surface area contributed by atoms with Crippen LogP contribution in [0.25, 0.3) is 11.1 Å². The van der Waals surface area contributed by atoms with Gasteiger partial charge in [0.2, 0.25) is 5.95 Å². The van der Waals surface area contributed by atoms with Crippen molar-refractivity contribution in [1.82, 2.24) is 15.0 Å². The average Bonchev–Trinajstić information content (AvgIpc) is 2.39. The summed E-state index contributed by atoms with van der Waals surface area (Å²) in [6.45, 7) is 1.77. The van der Waals surface area contributed by atoms with Crippen molar-refractivity contribution in [3.63, 3.8) is 0 Å². The van der Waals surface area contributed by atoms with E-state index in [4.69, 9.17) is 5.11 Å². The van der Waals surface area contributed by atoms with Gasteiger partial charge < -0.3 is 10.4 Å². The Balaban J connectivity index is 2.05. The van der Waals surface area contributed by atoms with Crippen LogP contribution in [0.2, 0.25) is 0 Å². The number of pyridine rings is 1. The molecular weight excluding hydrogens is 244 g/mol. The number of carboxylic acid groups (broad SMARTS) is 1. The standard InChI is InChI=1S/C13H14N4O2/c1-9(5-12(18)19)17-13-15-7-11(8-16-13)10-3-2-4-14-6-10/h2-4,6-9H,5H2,1H3,(H,18,19)(H,15,16,17). The first kappa shape index (κ1) is 12.9. The van der Waals surface area contributed by atoms with Gasteiger partial charge in [0.05, 0.1) is 6.42 Å². The first-order valence-corrected chi connectivity index (χ1v) is 5.86. The second-order valence-electron chi connectivity index (χ2n) is 4.18. The maximum atomic E-state index is 10.6. The summed E-state index contributed by atoms with van der Waals surface area (Å²) in [4.78, 5) is 22.9. The number of nitrogens with one attached hydrogen (secondary N) is 1. The number of hydrogen-bond acceptors (Lipinski definition) is 5. The minimum absolute atomic E-state index is 0.0215. The van der Waals surface area contributed by atoms with Gasteiger partial charge in [-0.3, -0.25) is 9.78 Å². The minimum Gasteiger partial charge on any atom is -0.481 e. The molecule has 1 atom stereocenters. The van der Waals surface area contributed by atoms with Crippen LogP contribution in [0.1, 0.15) is 13.3 Å². The van der Waals surface area contributed by atoms with E-state index in [0.29, 0.717) is 5.95 Å². The van der Waals surface area contributed by atoms with Crippen molar-refractivity contribution in [3.05, 3.63) is 36.9 Å². The lowest BCUT2D eigenvalue weighted by Gasteiger charge is -2.11. The molecule has 1 unspecified atom stereocenters. The fourth-order valence-corrected chi connectivity index (χ4v) is 1.62. The average molecular weight is 258 g/mol. The predicted molar refractivity (Wildman–Crippen MR) is 70.6 cm³/mol. The molecule has 6 nitrogen and oxygen atoms in total. The van der Waals surface area contributed by atoms with Gasteiger partial charge in [-0.2, -0.15) is 0 Å². The van der Waals surface area contributed by atoms with E-state index in [2.05, 4.69) is 20.3 Å². The molecule has 0 saturated heterocycles. The molecule has 0 aromatic carbocycles. The number of rotatable bonds is 5. The van der Waals surface area contributed by atoms with Crippen LogP contribution in [-0.2, 0) is 4.79 Å². The van der Waals surface area contributed by atoms with E-state index in [0.717, 1.165) is 11.1 Å². The van der Waals surface area contributed by atoms with Crippen molar-refractivity contribution in [2.24, 2.45) is 0 Å². The molecule has 0 aliphatic rings. The molecule has 0 aliphatic carbocycles. The van der Waals surface area contributed by atoms with Gasteiger partial charge in [0, 0.05) is 42.0 Å². The van der Waals surface area contributed by atoms with Crippen molar-refractivity contribution in [2.45, 2.75) is 19.4 Å². The highest BCUT2D eigenvalue weighted by Gasteiger charge is 2.08. The summed E-state index contributed by atoms with van der Waals surface area (Å²) in [5.41, 5.74) is 1.80. The van der Waals surface area contributed by atoms with Gasteiger partial charge in [-0.15, -0.1) is 0 Å². The Labute approximate surface area is 110 Å². The zero-order valence-electron chi connectivity index (χ0n) is 10.4. The van der Waals surface area contributed by atoms with Gasteiger partial charge in [-0.25, -0.2) is 9.97 Å². The Hall–Kier alpha value is -2.50. The normalized spacial score (nSPS) is 11.8.